The minimum absolute atomic E-state index is 0.0179. The van der Waals surface area contributed by atoms with Gasteiger partial charge >= 0.3 is 0 Å². The first kappa shape index (κ1) is 23.2. The van der Waals surface area contributed by atoms with Crippen LogP contribution in [-0.4, -0.2) is 25.0 Å². The van der Waals surface area contributed by atoms with Gasteiger partial charge in [0, 0.05) is 5.69 Å². The topological polar surface area (TPSA) is 112 Å². The molecule has 0 radical (unpaired) electrons. The fraction of sp³-hybridized carbons (Fsp3) is 0.179. The van der Waals surface area contributed by atoms with Crippen molar-refractivity contribution < 1.29 is 23.5 Å². The van der Waals surface area contributed by atoms with E-state index in [2.05, 4.69) is 0 Å². The van der Waals surface area contributed by atoms with Gasteiger partial charge in [-0.05, 0) is 67.9 Å². The van der Waals surface area contributed by atoms with Crippen LogP contribution in [0.4, 0.5) is 5.69 Å². The third kappa shape index (κ3) is 4.07. The Balaban J connectivity index is 1.66. The lowest BCUT2D eigenvalue weighted by Crippen LogP contribution is -2.29. The highest BCUT2D eigenvalue weighted by Crippen LogP contribution is 2.42. The van der Waals surface area contributed by atoms with Crippen molar-refractivity contribution in [2.45, 2.75) is 19.9 Å². The summed E-state index contributed by atoms with van der Waals surface area (Å²) in [5.74, 6) is 0.136. The van der Waals surface area contributed by atoms with Gasteiger partial charge in [-0.15, -0.1) is 0 Å². The second-order valence-electron chi connectivity index (χ2n) is 8.50. The Bertz CT molecular complexity index is 1520. The van der Waals surface area contributed by atoms with Gasteiger partial charge in [0.15, 0.2) is 12.0 Å². The van der Waals surface area contributed by atoms with Crippen LogP contribution >= 0.6 is 0 Å². The van der Waals surface area contributed by atoms with Crippen LogP contribution in [0.3, 0.4) is 0 Å². The van der Waals surface area contributed by atoms with Gasteiger partial charge in [-0.1, -0.05) is 23.8 Å². The molecule has 1 aliphatic heterocycles. The lowest BCUT2D eigenvalue weighted by Gasteiger charge is -2.25. The van der Waals surface area contributed by atoms with Crippen LogP contribution < -0.4 is 25.5 Å². The lowest BCUT2D eigenvalue weighted by molar-refractivity contribution is -0.119. The summed E-state index contributed by atoms with van der Waals surface area (Å²) in [7, 11) is 0. The molecule has 1 unspecified atom stereocenters. The zero-order valence-corrected chi connectivity index (χ0v) is 19.8. The molecule has 8 heteroatoms. The van der Waals surface area contributed by atoms with Gasteiger partial charge in [-0.25, -0.2) is 0 Å². The van der Waals surface area contributed by atoms with Crippen LogP contribution in [0.15, 0.2) is 75.9 Å². The van der Waals surface area contributed by atoms with Crippen LogP contribution in [0.2, 0.25) is 0 Å². The number of carbonyl (C=O) groups excluding carboxylic acids is 2. The van der Waals surface area contributed by atoms with Crippen LogP contribution in [-0.2, 0) is 4.79 Å². The fourth-order valence-corrected chi connectivity index (χ4v) is 4.44. The zero-order chi connectivity index (χ0) is 25.4. The second-order valence-corrected chi connectivity index (χ2v) is 8.50. The van der Waals surface area contributed by atoms with Crippen molar-refractivity contribution in [3.05, 3.63) is 99.4 Å². The van der Waals surface area contributed by atoms with Gasteiger partial charge in [0.2, 0.25) is 5.76 Å². The number of rotatable bonds is 7. The largest absolute Gasteiger partial charge is 0.494 e. The van der Waals surface area contributed by atoms with Gasteiger partial charge in [0.1, 0.15) is 17.1 Å². The van der Waals surface area contributed by atoms with Crippen molar-refractivity contribution in [1.29, 1.82) is 0 Å². The molecule has 2 amide bonds. The summed E-state index contributed by atoms with van der Waals surface area (Å²) in [6.07, 6.45) is 0. The summed E-state index contributed by atoms with van der Waals surface area (Å²) < 4.78 is 16.9. The maximum Gasteiger partial charge on any atom is 0.295 e. The van der Waals surface area contributed by atoms with Crippen LogP contribution in [0.1, 0.15) is 40.2 Å². The molecule has 3 aromatic carbocycles. The van der Waals surface area contributed by atoms with Crippen molar-refractivity contribution in [3.63, 3.8) is 0 Å². The molecule has 2 N–H and O–H groups in total. The van der Waals surface area contributed by atoms with Crippen LogP contribution in [0, 0.1) is 6.92 Å². The van der Waals surface area contributed by atoms with Gasteiger partial charge in [0.05, 0.1) is 23.6 Å². The summed E-state index contributed by atoms with van der Waals surface area (Å²) in [5.41, 5.74) is 7.73. The smallest absolute Gasteiger partial charge is 0.295 e. The van der Waals surface area contributed by atoms with E-state index in [1.54, 1.807) is 65.6 Å². The van der Waals surface area contributed by atoms with E-state index in [1.807, 2.05) is 19.9 Å². The molecule has 36 heavy (non-hydrogen) atoms. The molecule has 5 rings (SSSR count). The first-order valence-electron chi connectivity index (χ1n) is 11.5. The number of aryl methyl sites for hydroxylation is 1. The Morgan fingerprint density at radius 2 is 1.64 bits per heavy atom. The predicted octanol–water partition coefficient (Wildman–Crippen LogP) is 4.11. The number of hydrogen-bond donors (Lipinski definition) is 1. The highest BCUT2D eigenvalue weighted by molar-refractivity contribution is 6.10. The maximum absolute atomic E-state index is 13.7. The highest BCUT2D eigenvalue weighted by atomic mass is 16.5. The Hall–Kier alpha value is -4.59. The fourth-order valence-electron chi connectivity index (χ4n) is 4.44. The van der Waals surface area contributed by atoms with Crippen LogP contribution in [0.25, 0.3) is 11.0 Å². The first-order valence-corrected chi connectivity index (χ1v) is 11.5. The molecule has 0 aliphatic carbocycles. The average Bonchev–Trinajstić information content (AvgIpc) is 3.16. The molecule has 0 fully saturated rings. The van der Waals surface area contributed by atoms with Gasteiger partial charge in [-0.2, -0.15) is 0 Å². The molecule has 1 atom stereocenters. The van der Waals surface area contributed by atoms with Gasteiger partial charge in [-0.3, -0.25) is 19.3 Å². The van der Waals surface area contributed by atoms with Crippen molar-refractivity contribution in [1.82, 2.24) is 0 Å². The van der Waals surface area contributed by atoms with Crippen molar-refractivity contribution in [3.8, 4) is 11.5 Å². The van der Waals surface area contributed by atoms with Gasteiger partial charge in [0.25, 0.3) is 11.8 Å². The minimum Gasteiger partial charge on any atom is -0.494 e. The predicted molar refractivity (Wildman–Crippen MR) is 135 cm³/mol. The number of anilines is 1. The number of fused-ring (bicyclic) bond motifs is 2. The van der Waals surface area contributed by atoms with E-state index in [-0.39, 0.29) is 23.4 Å². The molecule has 4 aromatic rings. The Morgan fingerprint density at radius 3 is 2.31 bits per heavy atom. The highest BCUT2D eigenvalue weighted by Gasteiger charge is 2.43. The summed E-state index contributed by atoms with van der Waals surface area (Å²) in [6, 6.07) is 18.6. The molecule has 182 valence electrons. The molecule has 8 nitrogen and oxygen atoms in total. The van der Waals surface area contributed by atoms with Crippen molar-refractivity contribution in [2.24, 2.45) is 5.73 Å². The van der Waals surface area contributed by atoms with E-state index in [4.69, 9.17) is 19.6 Å². The number of benzene rings is 3. The van der Waals surface area contributed by atoms with Gasteiger partial charge < -0.3 is 19.6 Å². The zero-order valence-electron chi connectivity index (χ0n) is 19.8. The maximum atomic E-state index is 13.7. The monoisotopic (exact) mass is 484 g/mol. The van der Waals surface area contributed by atoms with E-state index in [9.17, 15) is 14.4 Å². The number of carbonyl (C=O) groups is 2. The second kappa shape index (κ2) is 9.22. The van der Waals surface area contributed by atoms with Crippen molar-refractivity contribution in [2.75, 3.05) is 18.1 Å². The Kier molecular flexibility index (Phi) is 5.93. The molecule has 1 aliphatic rings. The minimum atomic E-state index is -0.725. The molecular formula is C28H24N2O6. The molecule has 0 saturated carbocycles. The SMILES string of the molecule is CCOc1ccc(N2C(=O)c3oc4ccc(C)cc4c(=O)c3C2c2ccc(OCC(N)=O)cc2)cc1. The average molecular weight is 485 g/mol. The van der Waals surface area contributed by atoms with Crippen LogP contribution in [0.5, 0.6) is 11.5 Å². The molecule has 1 aromatic heterocycles. The van der Waals surface area contributed by atoms with E-state index in [0.29, 0.717) is 40.3 Å². The number of amides is 2. The summed E-state index contributed by atoms with van der Waals surface area (Å²) in [4.78, 5) is 40.0. The molecule has 0 spiro atoms. The number of nitrogens with two attached hydrogens (primary N) is 1. The third-order valence-corrected chi connectivity index (χ3v) is 6.03. The normalized spacial score (nSPS) is 14.7. The molecular weight excluding hydrogens is 460 g/mol. The molecule has 0 saturated heterocycles. The third-order valence-electron chi connectivity index (χ3n) is 6.03. The standard InChI is InChI=1S/C28H24N2O6/c1-3-34-19-11-7-18(8-12-19)30-25(17-5-9-20(10-6-17)35-15-23(29)31)24-26(32)21-14-16(2)4-13-22(21)36-27(24)28(30)33/h4-14,25H,3,15H2,1-2H3,(H2,29,31). The number of nitrogens with zero attached hydrogens (tertiary/aromatic N) is 1. The summed E-state index contributed by atoms with van der Waals surface area (Å²) in [6.45, 7) is 4.05. The summed E-state index contributed by atoms with van der Waals surface area (Å²) >= 11 is 0. The van der Waals surface area contributed by atoms with E-state index in [0.717, 1.165) is 5.56 Å². The summed E-state index contributed by atoms with van der Waals surface area (Å²) in [5, 5.41) is 0.418. The number of hydrogen-bond acceptors (Lipinski definition) is 6. The molecule has 0 bridgehead atoms. The Morgan fingerprint density at radius 1 is 0.972 bits per heavy atom. The quantitative estimate of drug-likeness (QED) is 0.422. The first-order chi connectivity index (χ1) is 17.4. The van der Waals surface area contributed by atoms with E-state index < -0.39 is 17.9 Å². The number of ether oxygens (including phenoxy) is 2. The number of primary amides is 1. The van der Waals surface area contributed by atoms with E-state index >= 15 is 0 Å². The Labute approximate surface area is 206 Å². The van der Waals surface area contributed by atoms with E-state index in [1.165, 1.54) is 0 Å². The molecule has 2 heterocycles. The lowest BCUT2D eigenvalue weighted by atomic mass is 9.97. The van der Waals surface area contributed by atoms with Crippen molar-refractivity contribution >= 4 is 28.5 Å².